The molecule has 0 radical (unpaired) electrons. The van der Waals surface area contributed by atoms with Gasteiger partial charge in [0, 0.05) is 65.6 Å². The lowest BCUT2D eigenvalue weighted by Gasteiger charge is -2.36. The number of halogens is 2. The highest BCUT2D eigenvalue weighted by atomic mass is 127. The van der Waals surface area contributed by atoms with E-state index in [1.807, 2.05) is 39.0 Å². The molecule has 0 bridgehead atoms. The van der Waals surface area contributed by atoms with Gasteiger partial charge in [-0.2, -0.15) is 0 Å². The fourth-order valence-electron chi connectivity index (χ4n) is 2.98. The number of aliphatic imine (C=N–C) groups is 1. The van der Waals surface area contributed by atoms with Crippen LogP contribution in [0.2, 0.25) is 5.02 Å². The Morgan fingerprint density at radius 1 is 1.25 bits per heavy atom. The summed E-state index contributed by atoms with van der Waals surface area (Å²) in [6, 6.07) is 8.08. The first-order valence-electron chi connectivity index (χ1n) is 9.68. The van der Waals surface area contributed by atoms with Gasteiger partial charge in [-0.15, -0.1) is 24.0 Å². The average molecular weight is 541 g/mol. The number of nitrogens with one attached hydrogen (secondary N) is 1. The summed E-state index contributed by atoms with van der Waals surface area (Å²) in [5, 5.41) is 4.17. The van der Waals surface area contributed by atoms with Crippen molar-refractivity contribution in [3.8, 4) is 0 Å². The van der Waals surface area contributed by atoms with Crippen LogP contribution in [0.5, 0.6) is 0 Å². The molecule has 1 aromatic rings. The van der Waals surface area contributed by atoms with Gasteiger partial charge < -0.3 is 10.2 Å². The molecular weight excluding hydrogens is 507 g/mol. The zero-order chi connectivity index (χ0) is 19.9. The highest BCUT2D eigenvalue weighted by Gasteiger charge is 2.21. The molecule has 8 heteroatoms. The molecule has 1 fully saturated rings. The van der Waals surface area contributed by atoms with E-state index in [0.717, 1.165) is 50.3 Å². The van der Waals surface area contributed by atoms with E-state index >= 15 is 0 Å². The summed E-state index contributed by atoms with van der Waals surface area (Å²) in [6.45, 7) is 14.3. The Morgan fingerprint density at radius 2 is 1.93 bits per heavy atom. The van der Waals surface area contributed by atoms with Crippen molar-refractivity contribution in [2.45, 2.75) is 39.0 Å². The average Bonchev–Trinajstić information content (AvgIpc) is 2.61. The first-order valence-corrected chi connectivity index (χ1v) is 11.4. The maximum atomic E-state index is 12.2. The molecule has 0 spiro atoms. The van der Waals surface area contributed by atoms with Crippen LogP contribution in [0, 0.1) is 0 Å². The standard InChI is InChI=1S/C20H33ClN4OS.HI/c1-5-22-19(23-9-14-27(26)20(2,3)4)25-12-10-24(11-13-25)16-17-7-6-8-18(21)15-17;/h6-8,15H,5,9-14,16H2,1-4H3,(H,22,23);1H. The minimum atomic E-state index is -0.865. The van der Waals surface area contributed by atoms with Crippen molar-refractivity contribution < 1.29 is 4.21 Å². The number of guanidine groups is 1. The molecule has 1 aromatic carbocycles. The highest BCUT2D eigenvalue weighted by molar-refractivity contribution is 14.0. The van der Waals surface area contributed by atoms with Gasteiger partial charge in [0.25, 0.3) is 0 Å². The molecule has 1 saturated heterocycles. The monoisotopic (exact) mass is 540 g/mol. The predicted molar refractivity (Wildman–Crippen MR) is 132 cm³/mol. The third-order valence-corrected chi connectivity index (χ3v) is 6.68. The highest BCUT2D eigenvalue weighted by Crippen LogP contribution is 2.14. The molecule has 2 rings (SSSR count). The molecule has 0 saturated carbocycles. The maximum Gasteiger partial charge on any atom is 0.194 e. The second kappa shape index (κ2) is 12.3. The van der Waals surface area contributed by atoms with Gasteiger partial charge in [0.05, 0.1) is 6.54 Å². The second-order valence-corrected chi connectivity index (χ2v) is 10.6. The van der Waals surface area contributed by atoms with Crippen LogP contribution in [0.25, 0.3) is 0 Å². The van der Waals surface area contributed by atoms with Crippen LogP contribution in [0.15, 0.2) is 29.3 Å². The Balaban J connectivity index is 0.00000392. The van der Waals surface area contributed by atoms with Gasteiger partial charge in [-0.25, -0.2) is 0 Å². The van der Waals surface area contributed by atoms with Crippen molar-refractivity contribution >= 4 is 52.3 Å². The molecule has 28 heavy (non-hydrogen) atoms. The van der Waals surface area contributed by atoms with Gasteiger partial charge in [0.2, 0.25) is 0 Å². The smallest absolute Gasteiger partial charge is 0.194 e. The third kappa shape index (κ3) is 8.55. The molecule has 1 atom stereocenters. The van der Waals surface area contributed by atoms with Crippen LogP contribution < -0.4 is 5.32 Å². The van der Waals surface area contributed by atoms with E-state index in [4.69, 9.17) is 16.6 Å². The Morgan fingerprint density at radius 3 is 2.50 bits per heavy atom. The minimum Gasteiger partial charge on any atom is -0.357 e. The number of piperazine rings is 1. The molecule has 1 unspecified atom stereocenters. The molecule has 1 aliphatic rings. The lowest BCUT2D eigenvalue weighted by molar-refractivity contribution is 0.172. The van der Waals surface area contributed by atoms with Gasteiger partial charge in [-0.3, -0.25) is 14.1 Å². The summed E-state index contributed by atoms with van der Waals surface area (Å²) in [4.78, 5) is 9.46. The van der Waals surface area contributed by atoms with Crippen LogP contribution in [0.4, 0.5) is 0 Å². The van der Waals surface area contributed by atoms with Crippen LogP contribution in [0.1, 0.15) is 33.3 Å². The third-order valence-electron chi connectivity index (χ3n) is 4.52. The minimum absolute atomic E-state index is 0. The summed E-state index contributed by atoms with van der Waals surface area (Å²) in [7, 11) is -0.865. The number of nitrogens with zero attached hydrogens (tertiary/aromatic N) is 3. The van der Waals surface area contributed by atoms with E-state index < -0.39 is 10.8 Å². The lowest BCUT2D eigenvalue weighted by Crippen LogP contribution is -2.52. The first-order chi connectivity index (χ1) is 12.8. The number of benzene rings is 1. The lowest BCUT2D eigenvalue weighted by atomic mass is 10.2. The van der Waals surface area contributed by atoms with Crippen LogP contribution in [-0.4, -0.2) is 69.7 Å². The fraction of sp³-hybridized carbons (Fsp3) is 0.650. The van der Waals surface area contributed by atoms with Gasteiger partial charge >= 0.3 is 0 Å². The Bertz CT molecular complexity index is 658. The molecule has 0 aliphatic carbocycles. The molecule has 1 aliphatic heterocycles. The van der Waals surface area contributed by atoms with Gasteiger partial charge in [-0.05, 0) is 45.4 Å². The molecule has 0 amide bonds. The maximum absolute atomic E-state index is 12.2. The van der Waals surface area contributed by atoms with E-state index in [9.17, 15) is 4.21 Å². The van der Waals surface area contributed by atoms with Crippen LogP contribution in [-0.2, 0) is 17.3 Å². The summed E-state index contributed by atoms with van der Waals surface area (Å²) >= 11 is 6.09. The first kappa shape index (κ1) is 25.7. The topological polar surface area (TPSA) is 47.9 Å². The second-order valence-electron chi connectivity index (χ2n) is 7.79. The number of rotatable bonds is 6. The molecular formula is C20H34ClIN4OS. The summed E-state index contributed by atoms with van der Waals surface area (Å²) in [6.07, 6.45) is 0. The fourth-order valence-corrected chi connectivity index (χ4v) is 4.06. The summed E-state index contributed by atoms with van der Waals surface area (Å²) < 4.78 is 12.0. The van der Waals surface area contributed by atoms with Crippen molar-refractivity contribution in [3.05, 3.63) is 34.9 Å². The molecule has 5 nitrogen and oxygen atoms in total. The zero-order valence-electron chi connectivity index (χ0n) is 17.4. The van der Waals surface area contributed by atoms with Crippen molar-refractivity contribution in [2.24, 2.45) is 4.99 Å². The molecule has 0 aromatic heterocycles. The van der Waals surface area contributed by atoms with E-state index in [2.05, 4.69) is 28.1 Å². The van der Waals surface area contributed by atoms with Crippen molar-refractivity contribution in [1.82, 2.24) is 15.1 Å². The van der Waals surface area contributed by atoms with Gasteiger partial charge in [0.15, 0.2) is 5.96 Å². The van der Waals surface area contributed by atoms with E-state index in [1.54, 1.807) is 0 Å². The van der Waals surface area contributed by atoms with Crippen molar-refractivity contribution in [3.63, 3.8) is 0 Å². The quantitative estimate of drug-likeness (QED) is 0.340. The Labute approximate surface area is 194 Å². The molecule has 1 N–H and O–H groups in total. The molecule has 160 valence electrons. The van der Waals surface area contributed by atoms with Crippen molar-refractivity contribution in [1.29, 1.82) is 0 Å². The SMILES string of the molecule is CCNC(=NCCS(=O)C(C)(C)C)N1CCN(Cc2cccc(Cl)c2)CC1.I. The largest absolute Gasteiger partial charge is 0.357 e. The van der Waals surface area contributed by atoms with E-state index in [1.165, 1.54) is 5.56 Å². The Kier molecular flexibility index (Phi) is 11.3. The zero-order valence-corrected chi connectivity index (χ0v) is 21.3. The number of hydrogen-bond donors (Lipinski definition) is 1. The normalized spacial score (nSPS) is 17.2. The van der Waals surface area contributed by atoms with Crippen LogP contribution in [0.3, 0.4) is 0 Å². The summed E-state index contributed by atoms with van der Waals surface area (Å²) in [5.74, 6) is 1.54. The van der Waals surface area contributed by atoms with E-state index in [0.29, 0.717) is 12.3 Å². The van der Waals surface area contributed by atoms with Gasteiger partial charge in [-0.1, -0.05) is 23.7 Å². The Hall–Kier alpha value is -0.380. The van der Waals surface area contributed by atoms with E-state index in [-0.39, 0.29) is 28.7 Å². The summed E-state index contributed by atoms with van der Waals surface area (Å²) in [5.41, 5.74) is 1.25. The molecule has 1 heterocycles. The predicted octanol–water partition coefficient (Wildman–Crippen LogP) is 3.59. The number of hydrogen-bond acceptors (Lipinski definition) is 3. The van der Waals surface area contributed by atoms with Gasteiger partial charge in [0.1, 0.15) is 0 Å². The van der Waals surface area contributed by atoms with Crippen molar-refractivity contribution in [2.75, 3.05) is 45.0 Å². The van der Waals surface area contributed by atoms with Crippen LogP contribution >= 0.6 is 35.6 Å².